The summed E-state index contributed by atoms with van der Waals surface area (Å²) in [5.74, 6) is 6.00. The van der Waals surface area contributed by atoms with Crippen molar-refractivity contribution in [3.05, 3.63) is 29.6 Å². The van der Waals surface area contributed by atoms with Crippen LogP contribution in [0.1, 0.15) is 24.5 Å². The topological polar surface area (TPSA) is 111 Å². The Morgan fingerprint density at radius 2 is 2.05 bits per heavy atom. The van der Waals surface area contributed by atoms with Crippen LogP contribution in [0.25, 0.3) is 0 Å². The molecule has 0 fully saturated rings. The summed E-state index contributed by atoms with van der Waals surface area (Å²) in [6, 6.07) is 2.19. The zero-order chi connectivity index (χ0) is 15.1. The van der Waals surface area contributed by atoms with Crippen molar-refractivity contribution in [2.45, 2.75) is 26.8 Å². The molecule has 8 heteroatoms. The molecule has 0 aliphatic rings. The van der Waals surface area contributed by atoms with Crippen LogP contribution in [0.2, 0.25) is 0 Å². The highest BCUT2D eigenvalue weighted by Gasteiger charge is 2.07. The SMILES string of the molecule is CCCOc1nc(NN)nc(NCc2cnccc2C)n1. The van der Waals surface area contributed by atoms with Gasteiger partial charge in [-0.05, 0) is 30.5 Å². The van der Waals surface area contributed by atoms with Crippen LogP contribution in [-0.2, 0) is 6.54 Å². The number of hydrogen-bond acceptors (Lipinski definition) is 8. The van der Waals surface area contributed by atoms with Gasteiger partial charge in [-0.3, -0.25) is 10.4 Å². The van der Waals surface area contributed by atoms with Crippen LogP contribution in [-0.4, -0.2) is 26.5 Å². The minimum absolute atomic E-state index is 0.241. The van der Waals surface area contributed by atoms with Crippen molar-refractivity contribution in [1.82, 2.24) is 19.9 Å². The van der Waals surface area contributed by atoms with Gasteiger partial charge in [-0.15, -0.1) is 0 Å². The average molecular weight is 289 g/mol. The number of aromatic nitrogens is 4. The smallest absolute Gasteiger partial charge is 0.323 e. The Bertz CT molecular complexity index is 590. The third-order valence-corrected chi connectivity index (χ3v) is 2.76. The summed E-state index contributed by atoms with van der Waals surface area (Å²) >= 11 is 0. The number of hydrazine groups is 1. The standard InChI is InChI=1S/C13H19N7O/c1-3-6-21-13-18-11(17-12(19-13)20-14)16-8-10-7-15-5-4-9(10)2/h4-5,7H,3,6,8,14H2,1-2H3,(H2,16,17,18,19,20). The van der Waals surface area contributed by atoms with Gasteiger partial charge in [-0.25, -0.2) is 5.84 Å². The molecule has 112 valence electrons. The summed E-state index contributed by atoms with van der Waals surface area (Å²) < 4.78 is 5.40. The van der Waals surface area contributed by atoms with Gasteiger partial charge >= 0.3 is 6.01 Å². The second-order valence-electron chi connectivity index (χ2n) is 4.41. The number of nitrogens with two attached hydrogens (primary N) is 1. The molecule has 0 atom stereocenters. The molecule has 0 saturated heterocycles. The second kappa shape index (κ2) is 7.34. The van der Waals surface area contributed by atoms with E-state index in [9.17, 15) is 0 Å². The van der Waals surface area contributed by atoms with E-state index in [0.717, 1.165) is 17.5 Å². The summed E-state index contributed by atoms with van der Waals surface area (Å²) in [4.78, 5) is 16.5. The van der Waals surface area contributed by atoms with Gasteiger partial charge < -0.3 is 10.1 Å². The highest BCUT2D eigenvalue weighted by Crippen LogP contribution is 2.12. The summed E-state index contributed by atoms with van der Waals surface area (Å²) in [6.45, 7) is 5.12. The summed E-state index contributed by atoms with van der Waals surface area (Å²) in [7, 11) is 0. The molecule has 0 bridgehead atoms. The highest BCUT2D eigenvalue weighted by molar-refractivity contribution is 5.36. The third kappa shape index (κ3) is 4.25. The Morgan fingerprint density at radius 3 is 2.76 bits per heavy atom. The summed E-state index contributed by atoms with van der Waals surface area (Å²) in [5.41, 5.74) is 4.61. The lowest BCUT2D eigenvalue weighted by Gasteiger charge is -2.10. The quantitative estimate of drug-likeness (QED) is 0.516. The van der Waals surface area contributed by atoms with Gasteiger partial charge in [0, 0.05) is 18.9 Å². The van der Waals surface area contributed by atoms with Gasteiger partial charge in [0.1, 0.15) is 0 Å². The number of anilines is 2. The van der Waals surface area contributed by atoms with E-state index < -0.39 is 0 Å². The second-order valence-corrected chi connectivity index (χ2v) is 4.41. The predicted molar refractivity (Wildman–Crippen MR) is 79.7 cm³/mol. The van der Waals surface area contributed by atoms with Crippen LogP contribution in [0.3, 0.4) is 0 Å². The van der Waals surface area contributed by atoms with E-state index in [0.29, 0.717) is 19.1 Å². The first-order valence-electron chi connectivity index (χ1n) is 6.71. The van der Waals surface area contributed by atoms with Crippen LogP contribution in [0.5, 0.6) is 6.01 Å². The minimum atomic E-state index is 0.241. The number of nitrogen functional groups attached to an aromatic ring is 1. The predicted octanol–water partition coefficient (Wildman–Crippen LogP) is 1.26. The van der Waals surface area contributed by atoms with E-state index in [-0.39, 0.29) is 12.0 Å². The summed E-state index contributed by atoms with van der Waals surface area (Å²) in [5, 5.41) is 3.12. The molecule has 0 saturated carbocycles. The largest absolute Gasteiger partial charge is 0.463 e. The fourth-order valence-corrected chi connectivity index (χ4v) is 1.61. The fraction of sp³-hybridized carbons (Fsp3) is 0.385. The van der Waals surface area contributed by atoms with E-state index in [4.69, 9.17) is 10.6 Å². The van der Waals surface area contributed by atoms with E-state index in [1.807, 2.05) is 19.9 Å². The van der Waals surface area contributed by atoms with Crippen molar-refractivity contribution in [2.24, 2.45) is 5.84 Å². The number of rotatable bonds is 7. The zero-order valence-electron chi connectivity index (χ0n) is 12.1. The van der Waals surface area contributed by atoms with Crippen LogP contribution >= 0.6 is 0 Å². The van der Waals surface area contributed by atoms with Gasteiger partial charge in [0.15, 0.2) is 0 Å². The molecule has 0 aromatic carbocycles. The van der Waals surface area contributed by atoms with Crippen LogP contribution in [0, 0.1) is 6.92 Å². The van der Waals surface area contributed by atoms with Crippen LogP contribution < -0.4 is 21.3 Å². The lowest BCUT2D eigenvalue weighted by Crippen LogP contribution is -2.15. The Balaban J connectivity index is 2.09. The van der Waals surface area contributed by atoms with Crippen molar-refractivity contribution >= 4 is 11.9 Å². The first-order chi connectivity index (χ1) is 10.2. The lowest BCUT2D eigenvalue weighted by atomic mass is 10.2. The van der Waals surface area contributed by atoms with Gasteiger partial charge in [0.25, 0.3) is 0 Å². The average Bonchev–Trinajstić information content (AvgIpc) is 2.52. The Hall–Kier alpha value is -2.48. The molecule has 0 spiro atoms. The molecule has 2 heterocycles. The fourth-order valence-electron chi connectivity index (χ4n) is 1.61. The van der Waals surface area contributed by atoms with Gasteiger partial charge in [-0.2, -0.15) is 15.0 Å². The Morgan fingerprint density at radius 1 is 1.24 bits per heavy atom. The molecule has 8 nitrogen and oxygen atoms in total. The van der Waals surface area contributed by atoms with Crippen molar-refractivity contribution in [3.8, 4) is 6.01 Å². The highest BCUT2D eigenvalue weighted by atomic mass is 16.5. The maximum Gasteiger partial charge on any atom is 0.323 e. The summed E-state index contributed by atoms with van der Waals surface area (Å²) in [6.07, 6.45) is 4.43. The molecular formula is C13H19N7O. The number of nitrogens with zero attached hydrogens (tertiary/aromatic N) is 4. The zero-order valence-corrected chi connectivity index (χ0v) is 12.1. The maximum absolute atomic E-state index is 5.40. The van der Waals surface area contributed by atoms with Crippen molar-refractivity contribution in [3.63, 3.8) is 0 Å². The Labute approximate surface area is 123 Å². The van der Waals surface area contributed by atoms with Gasteiger partial charge in [-0.1, -0.05) is 6.92 Å². The minimum Gasteiger partial charge on any atom is -0.463 e. The number of nitrogens with one attached hydrogen (secondary N) is 2. The van der Waals surface area contributed by atoms with Gasteiger partial charge in [0.05, 0.1) is 6.61 Å². The monoisotopic (exact) mass is 289 g/mol. The molecular weight excluding hydrogens is 270 g/mol. The molecule has 4 N–H and O–H groups in total. The van der Waals surface area contributed by atoms with Crippen LogP contribution in [0.4, 0.5) is 11.9 Å². The molecule has 0 aliphatic heterocycles. The third-order valence-electron chi connectivity index (χ3n) is 2.76. The van der Waals surface area contributed by atoms with Crippen LogP contribution in [0.15, 0.2) is 18.5 Å². The molecule has 0 aliphatic carbocycles. The number of hydrogen-bond donors (Lipinski definition) is 3. The van der Waals surface area contributed by atoms with Crippen molar-refractivity contribution < 1.29 is 4.74 Å². The lowest BCUT2D eigenvalue weighted by molar-refractivity contribution is 0.292. The van der Waals surface area contributed by atoms with E-state index >= 15 is 0 Å². The maximum atomic E-state index is 5.40. The number of aryl methyl sites for hydroxylation is 1. The molecule has 0 radical (unpaired) electrons. The normalized spacial score (nSPS) is 10.2. The van der Waals surface area contributed by atoms with Crippen molar-refractivity contribution in [2.75, 3.05) is 17.3 Å². The van der Waals surface area contributed by atoms with Crippen molar-refractivity contribution in [1.29, 1.82) is 0 Å². The molecule has 21 heavy (non-hydrogen) atoms. The first kappa shape index (κ1) is 14.9. The molecule has 2 aromatic heterocycles. The van der Waals surface area contributed by atoms with E-state index in [1.165, 1.54) is 0 Å². The van der Waals surface area contributed by atoms with Gasteiger partial charge in [0.2, 0.25) is 11.9 Å². The van der Waals surface area contributed by atoms with E-state index in [1.54, 1.807) is 12.4 Å². The molecule has 0 unspecified atom stereocenters. The molecule has 2 rings (SSSR count). The molecule has 2 aromatic rings. The van der Waals surface area contributed by atoms with E-state index in [2.05, 4.69) is 30.7 Å². The molecule has 0 amide bonds. The number of pyridine rings is 1. The first-order valence-corrected chi connectivity index (χ1v) is 6.71. The Kier molecular flexibility index (Phi) is 5.22. The number of ether oxygens (including phenoxy) is 1.